The zero-order valence-corrected chi connectivity index (χ0v) is 10.6. The normalized spacial score (nSPS) is 12.3. The predicted octanol–water partition coefficient (Wildman–Crippen LogP) is 2.74. The second kappa shape index (κ2) is 3.79. The molecule has 3 heteroatoms. The molecule has 1 aromatic carbocycles. The first kappa shape index (κ1) is 10.5. The number of aryl methyl sites for hydroxylation is 1. The van der Waals surface area contributed by atoms with E-state index in [2.05, 4.69) is 23.2 Å². The van der Waals surface area contributed by atoms with Gasteiger partial charge in [0.05, 0.1) is 5.69 Å². The molecule has 0 unspecified atom stereocenters. The molecule has 4 rings (SSSR count). The van der Waals surface area contributed by atoms with E-state index in [4.69, 9.17) is 4.42 Å². The highest BCUT2D eigenvalue weighted by Crippen LogP contribution is 2.38. The molecule has 0 amide bonds. The third-order valence-corrected chi connectivity index (χ3v) is 3.54. The minimum atomic E-state index is 0.708. The van der Waals surface area contributed by atoms with Gasteiger partial charge in [-0.05, 0) is 5.56 Å². The SMILES string of the molecule is C[n+]1ccc(-c2nc3c(o2)-c2ccccc2C3)cc1. The van der Waals surface area contributed by atoms with Crippen LogP contribution in [0.15, 0.2) is 53.2 Å². The van der Waals surface area contributed by atoms with Crippen molar-refractivity contribution >= 4 is 0 Å². The van der Waals surface area contributed by atoms with Crippen LogP contribution < -0.4 is 4.57 Å². The van der Waals surface area contributed by atoms with Crippen LogP contribution in [0.2, 0.25) is 0 Å². The van der Waals surface area contributed by atoms with Gasteiger partial charge in [-0.3, -0.25) is 0 Å². The van der Waals surface area contributed by atoms with Crippen LogP contribution in [-0.4, -0.2) is 4.98 Å². The Bertz CT molecular complexity index is 757. The predicted molar refractivity (Wildman–Crippen MR) is 71.4 cm³/mol. The molecule has 92 valence electrons. The molecule has 2 aromatic heterocycles. The first-order valence-electron chi connectivity index (χ1n) is 6.35. The van der Waals surface area contributed by atoms with Crippen LogP contribution in [0, 0.1) is 0 Å². The highest BCUT2D eigenvalue weighted by molar-refractivity contribution is 5.72. The van der Waals surface area contributed by atoms with Gasteiger partial charge in [-0.25, -0.2) is 9.55 Å². The lowest BCUT2D eigenvalue weighted by Gasteiger charge is -1.98. The van der Waals surface area contributed by atoms with E-state index in [-0.39, 0.29) is 0 Å². The number of aromatic nitrogens is 2. The van der Waals surface area contributed by atoms with Crippen molar-refractivity contribution < 1.29 is 8.98 Å². The fourth-order valence-corrected chi connectivity index (χ4v) is 2.53. The number of benzene rings is 1. The maximum absolute atomic E-state index is 5.96. The molecule has 1 aliphatic rings. The standard InChI is InChI=1S/C16H13N2O/c1-18-8-6-11(7-9-18)16-17-14-10-12-4-2-3-5-13(12)15(14)19-16/h2-9H,10H2,1H3/q+1. The first-order valence-corrected chi connectivity index (χ1v) is 6.35. The Kier molecular flexibility index (Phi) is 2.09. The van der Waals surface area contributed by atoms with Gasteiger partial charge in [0.2, 0.25) is 5.89 Å². The van der Waals surface area contributed by atoms with E-state index in [1.807, 2.05) is 42.2 Å². The van der Waals surface area contributed by atoms with E-state index in [1.165, 1.54) is 11.1 Å². The molecule has 0 N–H and O–H groups in total. The van der Waals surface area contributed by atoms with Crippen LogP contribution in [-0.2, 0) is 13.5 Å². The van der Waals surface area contributed by atoms with Crippen molar-refractivity contribution in [3.63, 3.8) is 0 Å². The summed E-state index contributed by atoms with van der Waals surface area (Å²) in [5.74, 6) is 1.64. The molecule has 0 bridgehead atoms. The van der Waals surface area contributed by atoms with Gasteiger partial charge in [0.1, 0.15) is 7.05 Å². The molecule has 0 radical (unpaired) electrons. The molecular formula is C16H13N2O+. The van der Waals surface area contributed by atoms with Gasteiger partial charge in [-0.2, -0.15) is 0 Å². The van der Waals surface area contributed by atoms with Crippen molar-refractivity contribution in [1.82, 2.24) is 4.98 Å². The van der Waals surface area contributed by atoms with E-state index in [0.717, 1.165) is 23.4 Å². The fraction of sp³-hybridized carbons (Fsp3) is 0.125. The maximum atomic E-state index is 5.96. The highest BCUT2D eigenvalue weighted by Gasteiger charge is 2.25. The summed E-state index contributed by atoms with van der Waals surface area (Å²) in [6.07, 6.45) is 4.87. The Labute approximate surface area is 111 Å². The fourth-order valence-electron chi connectivity index (χ4n) is 2.53. The molecule has 0 saturated heterocycles. The summed E-state index contributed by atoms with van der Waals surface area (Å²) < 4.78 is 7.95. The molecule has 0 aliphatic heterocycles. The van der Waals surface area contributed by atoms with Crippen LogP contribution in [0.1, 0.15) is 11.3 Å². The molecular weight excluding hydrogens is 236 g/mol. The zero-order chi connectivity index (χ0) is 12.8. The Balaban J connectivity index is 1.82. The summed E-state index contributed by atoms with van der Waals surface area (Å²) in [5.41, 5.74) is 4.54. The quantitative estimate of drug-likeness (QED) is 0.485. The van der Waals surface area contributed by atoms with E-state index in [0.29, 0.717) is 5.89 Å². The Morgan fingerprint density at radius 3 is 2.74 bits per heavy atom. The number of rotatable bonds is 1. The highest BCUT2D eigenvalue weighted by atomic mass is 16.4. The summed E-state index contributed by atoms with van der Waals surface area (Å²) in [7, 11) is 2.00. The van der Waals surface area contributed by atoms with Gasteiger partial charge in [0, 0.05) is 29.7 Å². The Hall–Kier alpha value is -2.42. The van der Waals surface area contributed by atoms with Gasteiger partial charge < -0.3 is 4.42 Å². The molecule has 19 heavy (non-hydrogen) atoms. The van der Waals surface area contributed by atoms with Crippen molar-refractivity contribution in [3.8, 4) is 22.8 Å². The summed E-state index contributed by atoms with van der Waals surface area (Å²) >= 11 is 0. The van der Waals surface area contributed by atoms with Crippen molar-refractivity contribution in [2.45, 2.75) is 6.42 Å². The van der Waals surface area contributed by atoms with Crippen molar-refractivity contribution in [2.75, 3.05) is 0 Å². The third-order valence-electron chi connectivity index (χ3n) is 3.54. The number of oxazole rings is 1. The van der Waals surface area contributed by atoms with E-state index in [9.17, 15) is 0 Å². The summed E-state index contributed by atoms with van der Waals surface area (Å²) in [5, 5.41) is 0. The average molecular weight is 249 g/mol. The van der Waals surface area contributed by atoms with Crippen molar-refractivity contribution in [3.05, 3.63) is 60.0 Å². The summed E-state index contributed by atoms with van der Waals surface area (Å²) in [6, 6.07) is 12.4. The molecule has 0 fully saturated rings. The monoisotopic (exact) mass is 249 g/mol. The molecule has 0 spiro atoms. The number of hydrogen-bond acceptors (Lipinski definition) is 2. The zero-order valence-electron chi connectivity index (χ0n) is 10.6. The maximum Gasteiger partial charge on any atom is 0.227 e. The lowest BCUT2D eigenvalue weighted by Crippen LogP contribution is -2.25. The lowest BCUT2D eigenvalue weighted by molar-refractivity contribution is -0.671. The second-order valence-electron chi connectivity index (χ2n) is 4.88. The second-order valence-corrected chi connectivity index (χ2v) is 4.88. The summed E-state index contributed by atoms with van der Waals surface area (Å²) in [4.78, 5) is 4.63. The van der Waals surface area contributed by atoms with Crippen LogP contribution in [0.5, 0.6) is 0 Å². The Morgan fingerprint density at radius 2 is 1.89 bits per heavy atom. The molecule has 0 saturated carbocycles. The van der Waals surface area contributed by atoms with Gasteiger partial charge >= 0.3 is 0 Å². The van der Waals surface area contributed by atoms with Gasteiger partial charge in [0.25, 0.3) is 0 Å². The van der Waals surface area contributed by atoms with Crippen molar-refractivity contribution in [1.29, 1.82) is 0 Å². The minimum absolute atomic E-state index is 0.708. The third kappa shape index (κ3) is 1.58. The average Bonchev–Trinajstić information content (AvgIpc) is 2.97. The number of hydrogen-bond donors (Lipinski definition) is 0. The number of fused-ring (bicyclic) bond motifs is 3. The topological polar surface area (TPSA) is 29.9 Å². The molecule has 1 aliphatic carbocycles. The first-order chi connectivity index (χ1) is 9.31. The molecule has 3 nitrogen and oxygen atoms in total. The Morgan fingerprint density at radius 1 is 1.11 bits per heavy atom. The molecule has 0 atom stereocenters. The van der Waals surface area contributed by atoms with Gasteiger partial charge in [0.15, 0.2) is 18.2 Å². The van der Waals surface area contributed by atoms with E-state index in [1.54, 1.807) is 0 Å². The lowest BCUT2D eigenvalue weighted by atomic mass is 10.1. The van der Waals surface area contributed by atoms with Gasteiger partial charge in [-0.15, -0.1) is 0 Å². The minimum Gasteiger partial charge on any atom is -0.436 e. The van der Waals surface area contributed by atoms with Crippen molar-refractivity contribution in [2.24, 2.45) is 7.05 Å². The number of pyridine rings is 1. The van der Waals surface area contributed by atoms with E-state index >= 15 is 0 Å². The van der Waals surface area contributed by atoms with E-state index < -0.39 is 0 Å². The van der Waals surface area contributed by atoms with Crippen LogP contribution >= 0.6 is 0 Å². The number of nitrogens with zero attached hydrogens (tertiary/aromatic N) is 2. The largest absolute Gasteiger partial charge is 0.436 e. The van der Waals surface area contributed by atoms with Gasteiger partial charge in [-0.1, -0.05) is 24.3 Å². The van der Waals surface area contributed by atoms with Crippen LogP contribution in [0.25, 0.3) is 22.8 Å². The molecule has 3 aromatic rings. The summed E-state index contributed by atoms with van der Waals surface area (Å²) in [6.45, 7) is 0. The molecule has 2 heterocycles. The van der Waals surface area contributed by atoms with Crippen LogP contribution in [0.3, 0.4) is 0 Å². The smallest absolute Gasteiger partial charge is 0.227 e. The van der Waals surface area contributed by atoms with Crippen LogP contribution in [0.4, 0.5) is 0 Å².